The molecule has 2 rings (SSSR count). The third kappa shape index (κ3) is 2.34. The highest BCUT2D eigenvalue weighted by Crippen LogP contribution is 2.34. The molecule has 0 saturated carbocycles. The van der Waals surface area contributed by atoms with E-state index in [1.165, 1.54) is 6.33 Å². The second-order valence-corrected chi connectivity index (χ2v) is 4.37. The second kappa shape index (κ2) is 5.40. The Morgan fingerprint density at radius 3 is 2.78 bits per heavy atom. The van der Waals surface area contributed by atoms with Crippen LogP contribution in [0.5, 0.6) is 11.6 Å². The molecule has 1 aromatic heterocycles. The Morgan fingerprint density at radius 1 is 1.33 bits per heavy atom. The summed E-state index contributed by atoms with van der Waals surface area (Å²) in [5.41, 5.74) is 0.643. The fourth-order valence-electron chi connectivity index (χ4n) is 1.58. The number of nitrogens with zero attached hydrogens (tertiary/aromatic N) is 2. The molecular weight excluding hydrogens is 252 g/mol. The van der Waals surface area contributed by atoms with Crippen LogP contribution in [-0.4, -0.2) is 23.2 Å². The van der Waals surface area contributed by atoms with Gasteiger partial charge in [0.1, 0.15) is 17.1 Å². The maximum atomic E-state index is 6.21. The summed E-state index contributed by atoms with van der Waals surface area (Å²) >= 11 is 6.21. The number of hydrogen-bond donors (Lipinski definition) is 0. The molecule has 1 heterocycles. The van der Waals surface area contributed by atoms with Crippen molar-refractivity contribution in [1.82, 2.24) is 9.97 Å². The van der Waals surface area contributed by atoms with E-state index < -0.39 is 0 Å². The zero-order chi connectivity index (χ0) is 13.1. The lowest BCUT2D eigenvalue weighted by Gasteiger charge is -2.14. The molecule has 4 nitrogen and oxygen atoms in total. The first-order chi connectivity index (χ1) is 8.67. The Labute approximate surface area is 111 Å². The van der Waals surface area contributed by atoms with Crippen molar-refractivity contribution >= 4 is 22.5 Å². The van der Waals surface area contributed by atoms with Crippen molar-refractivity contribution in [2.45, 2.75) is 26.4 Å². The summed E-state index contributed by atoms with van der Waals surface area (Å²) in [6.45, 7) is 4.06. The summed E-state index contributed by atoms with van der Waals surface area (Å²) < 4.78 is 10.9. The van der Waals surface area contributed by atoms with Crippen LogP contribution in [0.3, 0.4) is 0 Å². The zero-order valence-corrected chi connectivity index (χ0v) is 11.4. The summed E-state index contributed by atoms with van der Waals surface area (Å²) in [7, 11) is 1.57. The molecular formula is C13H15ClN2O2. The Balaban J connectivity index is 2.53. The first kappa shape index (κ1) is 12.9. The Kier molecular flexibility index (Phi) is 3.87. The van der Waals surface area contributed by atoms with E-state index in [0.717, 1.165) is 11.8 Å². The number of halogens is 1. The lowest BCUT2D eigenvalue weighted by Crippen LogP contribution is -2.11. The fourth-order valence-corrected chi connectivity index (χ4v) is 1.87. The smallest absolute Gasteiger partial charge is 0.224 e. The van der Waals surface area contributed by atoms with Gasteiger partial charge in [-0.25, -0.2) is 9.97 Å². The van der Waals surface area contributed by atoms with E-state index in [1.54, 1.807) is 13.2 Å². The summed E-state index contributed by atoms with van der Waals surface area (Å²) in [6.07, 6.45) is 2.46. The average Bonchev–Trinajstić information content (AvgIpc) is 2.40. The molecule has 0 aliphatic heterocycles. The van der Waals surface area contributed by atoms with Gasteiger partial charge in [0.25, 0.3) is 0 Å². The van der Waals surface area contributed by atoms with Gasteiger partial charge < -0.3 is 9.47 Å². The van der Waals surface area contributed by atoms with Gasteiger partial charge in [0, 0.05) is 0 Å². The maximum Gasteiger partial charge on any atom is 0.224 e. The molecule has 0 fully saturated rings. The molecule has 0 spiro atoms. The predicted molar refractivity (Wildman–Crippen MR) is 71.5 cm³/mol. The van der Waals surface area contributed by atoms with Crippen molar-refractivity contribution in [3.63, 3.8) is 0 Å². The van der Waals surface area contributed by atoms with Crippen LogP contribution in [-0.2, 0) is 0 Å². The molecule has 0 amide bonds. The number of hydrogen-bond acceptors (Lipinski definition) is 4. The number of fused-ring (bicyclic) bond motifs is 1. The quantitative estimate of drug-likeness (QED) is 0.850. The van der Waals surface area contributed by atoms with Crippen LogP contribution in [0.2, 0.25) is 5.02 Å². The minimum Gasteiger partial charge on any atom is -0.495 e. The van der Waals surface area contributed by atoms with E-state index >= 15 is 0 Å². The van der Waals surface area contributed by atoms with E-state index in [4.69, 9.17) is 21.1 Å². The van der Waals surface area contributed by atoms with Crippen LogP contribution >= 0.6 is 11.6 Å². The summed E-state index contributed by atoms with van der Waals surface area (Å²) in [5, 5.41) is 1.27. The van der Waals surface area contributed by atoms with Crippen molar-refractivity contribution in [1.29, 1.82) is 0 Å². The van der Waals surface area contributed by atoms with Gasteiger partial charge in [0.05, 0.1) is 24.1 Å². The average molecular weight is 267 g/mol. The molecule has 0 aliphatic carbocycles. The van der Waals surface area contributed by atoms with E-state index in [9.17, 15) is 0 Å². The number of ether oxygens (including phenoxy) is 2. The molecule has 0 radical (unpaired) electrons. The molecule has 2 aromatic rings. The normalized spacial score (nSPS) is 12.4. The van der Waals surface area contributed by atoms with Crippen LogP contribution in [0.1, 0.15) is 20.3 Å². The lowest BCUT2D eigenvalue weighted by atomic mass is 10.2. The van der Waals surface area contributed by atoms with Crippen LogP contribution in [0, 0.1) is 0 Å². The van der Waals surface area contributed by atoms with Crippen LogP contribution in [0.4, 0.5) is 0 Å². The monoisotopic (exact) mass is 266 g/mol. The molecule has 1 aromatic carbocycles. The largest absolute Gasteiger partial charge is 0.495 e. The SMILES string of the molecule is CCC(C)Oc1ncnc2c(Cl)c(OC)ccc12. The van der Waals surface area contributed by atoms with E-state index in [0.29, 0.717) is 22.2 Å². The highest BCUT2D eigenvalue weighted by molar-refractivity contribution is 6.36. The van der Waals surface area contributed by atoms with Gasteiger partial charge in [-0.1, -0.05) is 18.5 Å². The molecule has 1 atom stereocenters. The minimum absolute atomic E-state index is 0.101. The van der Waals surface area contributed by atoms with Gasteiger partial charge in [0.2, 0.25) is 5.88 Å². The minimum atomic E-state index is 0.101. The number of aromatic nitrogens is 2. The Hall–Kier alpha value is -1.55. The Bertz CT molecular complexity index is 560. The van der Waals surface area contributed by atoms with Gasteiger partial charge in [-0.2, -0.15) is 0 Å². The number of benzene rings is 1. The summed E-state index contributed by atoms with van der Waals surface area (Å²) in [4.78, 5) is 8.34. The number of methoxy groups -OCH3 is 1. The van der Waals surface area contributed by atoms with Crippen molar-refractivity contribution in [2.24, 2.45) is 0 Å². The maximum absolute atomic E-state index is 6.21. The molecule has 0 saturated heterocycles. The second-order valence-electron chi connectivity index (χ2n) is 3.99. The molecule has 5 heteroatoms. The summed E-state index contributed by atoms with van der Waals surface area (Å²) in [6, 6.07) is 3.65. The molecule has 0 bridgehead atoms. The predicted octanol–water partition coefficient (Wildman–Crippen LogP) is 3.47. The van der Waals surface area contributed by atoms with Crippen LogP contribution in [0.25, 0.3) is 10.9 Å². The highest BCUT2D eigenvalue weighted by atomic mass is 35.5. The van der Waals surface area contributed by atoms with Crippen molar-refractivity contribution < 1.29 is 9.47 Å². The molecule has 0 aliphatic rings. The first-order valence-electron chi connectivity index (χ1n) is 5.81. The van der Waals surface area contributed by atoms with Crippen molar-refractivity contribution in [3.8, 4) is 11.6 Å². The molecule has 1 unspecified atom stereocenters. The van der Waals surface area contributed by atoms with Crippen LogP contribution in [0.15, 0.2) is 18.5 Å². The van der Waals surface area contributed by atoms with Crippen molar-refractivity contribution in [2.75, 3.05) is 7.11 Å². The third-order valence-corrected chi connectivity index (χ3v) is 3.15. The van der Waals surface area contributed by atoms with Gasteiger partial charge in [0.15, 0.2) is 0 Å². The van der Waals surface area contributed by atoms with Gasteiger partial charge in [-0.3, -0.25) is 0 Å². The standard InChI is InChI=1S/C13H15ClN2O2/c1-4-8(2)18-13-9-5-6-10(17-3)11(14)12(9)15-7-16-13/h5-8H,4H2,1-3H3. The van der Waals surface area contributed by atoms with Crippen LogP contribution < -0.4 is 9.47 Å². The lowest BCUT2D eigenvalue weighted by molar-refractivity contribution is 0.211. The molecule has 18 heavy (non-hydrogen) atoms. The molecule has 96 valence electrons. The highest BCUT2D eigenvalue weighted by Gasteiger charge is 2.13. The third-order valence-electron chi connectivity index (χ3n) is 2.78. The van der Waals surface area contributed by atoms with Crippen molar-refractivity contribution in [3.05, 3.63) is 23.5 Å². The Morgan fingerprint density at radius 2 is 2.11 bits per heavy atom. The van der Waals surface area contributed by atoms with Gasteiger partial charge >= 0.3 is 0 Å². The summed E-state index contributed by atoms with van der Waals surface area (Å²) in [5.74, 6) is 1.15. The number of rotatable bonds is 4. The van der Waals surface area contributed by atoms with Gasteiger partial charge in [-0.05, 0) is 25.5 Å². The first-order valence-corrected chi connectivity index (χ1v) is 6.19. The molecule has 0 N–H and O–H groups in total. The van der Waals surface area contributed by atoms with Gasteiger partial charge in [-0.15, -0.1) is 0 Å². The zero-order valence-electron chi connectivity index (χ0n) is 10.6. The van der Waals surface area contributed by atoms with E-state index in [1.807, 2.05) is 13.0 Å². The topological polar surface area (TPSA) is 44.2 Å². The van der Waals surface area contributed by atoms with E-state index in [2.05, 4.69) is 16.9 Å². The van der Waals surface area contributed by atoms with E-state index in [-0.39, 0.29) is 6.10 Å². The fraction of sp³-hybridized carbons (Fsp3) is 0.385.